The molecule has 1 aliphatic heterocycles. The van der Waals surface area contributed by atoms with Gasteiger partial charge in [-0.25, -0.2) is 0 Å². The topological polar surface area (TPSA) is 29.5 Å². The van der Waals surface area contributed by atoms with E-state index in [0.29, 0.717) is 19.6 Å². The van der Waals surface area contributed by atoms with Gasteiger partial charge in [-0.2, -0.15) is 0 Å². The van der Waals surface area contributed by atoms with Crippen molar-refractivity contribution >= 4 is 5.91 Å². The molecule has 0 unspecified atom stereocenters. The van der Waals surface area contributed by atoms with Crippen LogP contribution in [-0.4, -0.2) is 36.6 Å². The van der Waals surface area contributed by atoms with Gasteiger partial charge in [0.1, 0.15) is 0 Å². The van der Waals surface area contributed by atoms with Gasteiger partial charge in [-0.05, 0) is 25.3 Å². The van der Waals surface area contributed by atoms with E-state index in [1.54, 1.807) is 0 Å². The Morgan fingerprint density at radius 1 is 1.39 bits per heavy atom. The summed E-state index contributed by atoms with van der Waals surface area (Å²) in [6.07, 6.45) is 2.54. The van der Waals surface area contributed by atoms with Crippen molar-refractivity contribution < 1.29 is 9.53 Å². The zero-order valence-electron chi connectivity index (χ0n) is 11.0. The van der Waals surface area contributed by atoms with E-state index in [9.17, 15) is 4.79 Å². The number of hydrogen-bond donors (Lipinski definition) is 0. The highest BCUT2D eigenvalue weighted by Crippen LogP contribution is 2.11. The predicted octanol–water partition coefficient (Wildman–Crippen LogP) is 2.26. The summed E-state index contributed by atoms with van der Waals surface area (Å²) in [5.74, 6) is 0.265. The number of nitrogens with zero attached hydrogens (tertiary/aromatic N) is 1. The van der Waals surface area contributed by atoms with Crippen LogP contribution in [0.2, 0.25) is 0 Å². The molecule has 1 aromatic carbocycles. The lowest BCUT2D eigenvalue weighted by Gasteiger charge is -2.33. The average Bonchev–Trinajstić information content (AvgIpc) is 2.40. The number of morpholine rings is 1. The number of carbonyl (C=O) groups excluding carboxylic acids is 1. The minimum Gasteiger partial charge on any atom is -0.377 e. The van der Waals surface area contributed by atoms with Crippen LogP contribution in [0.25, 0.3) is 0 Å². The Morgan fingerprint density at radius 2 is 2.17 bits per heavy atom. The Kier molecular flexibility index (Phi) is 4.76. The molecule has 3 heteroatoms. The highest BCUT2D eigenvalue weighted by atomic mass is 16.5. The number of benzene rings is 1. The zero-order chi connectivity index (χ0) is 12.8. The third-order valence-electron chi connectivity index (χ3n) is 3.39. The molecule has 0 N–H and O–H groups in total. The van der Waals surface area contributed by atoms with Crippen LogP contribution < -0.4 is 0 Å². The van der Waals surface area contributed by atoms with Crippen LogP contribution in [-0.2, 0) is 16.0 Å². The largest absolute Gasteiger partial charge is 0.377 e. The molecule has 1 fully saturated rings. The summed E-state index contributed by atoms with van der Waals surface area (Å²) in [7, 11) is 0. The maximum atomic E-state index is 12.1. The molecule has 0 aromatic heterocycles. The molecule has 0 radical (unpaired) electrons. The number of amides is 1. The normalized spacial score (nSPS) is 19.8. The molecule has 2 rings (SSSR count). The maximum absolute atomic E-state index is 12.1. The van der Waals surface area contributed by atoms with Gasteiger partial charge in [0, 0.05) is 13.0 Å². The minimum absolute atomic E-state index is 0.225. The van der Waals surface area contributed by atoms with Gasteiger partial charge in [0.15, 0.2) is 0 Å². The maximum Gasteiger partial charge on any atom is 0.222 e. The molecule has 1 atom stereocenters. The Hall–Kier alpha value is -1.35. The monoisotopic (exact) mass is 247 g/mol. The van der Waals surface area contributed by atoms with Crippen LogP contribution in [0.5, 0.6) is 0 Å². The van der Waals surface area contributed by atoms with E-state index >= 15 is 0 Å². The number of carbonyl (C=O) groups is 1. The van der Waals surface area contributed by atoms with Crippen LogP contribution in [0.1, 0.15) is 25.3 Å². The van der Waals surface area contributed by atoms with Crippen molar-refractivity contribution in [2.45, 2.75) is 32.2 Å². The van der Waals surface area contributed by atoms with E-state index in [4.69, 9.17) is 4.74 Å². The first-order chi connectivity index (χ1) is 8.77. The second kappa shape index (κ2) is 6.55. The first-order valence-electron chi connectivity index (χ1n) is 6.68. The fourth-order valence-corrected chi connectivity index (χ4v) is 2.33. The molecule has 3 nitrogen and oxygen atoms in total. The lowest BCUT2D eigenvalue weighted by molar-refractivity contribution is -0.139. The smallest absolute Gasteiger partial charge is 0.222 e. The Balaban J connectivity index is 1.74. The number of rotatable bonds is 4. The second-order valence-corrected chi connectivity index (χ2v) is 4.85. The van der Waals surface area contributed by atoms with Gasteiger partial charge in [0.25, 0.3) is 0 Å². The molecule has 0 aliphatic carbocycles. The van der Waals surface area contributed by atoms with E-state index in [2.05, 4.69) is 12.1 Å². The van der Waals surface area contributed by atoms with E-state index in [1.807, 2.05) is 30.0 Å². The zero-order valence-corrected chi connectivity index (χ0v) is 11.0. The number of ether oxygens (including phenoxy) is 1. The molecule has 1 amide bonds. The fourth-order valence-electron chi connectivity index (χ4n) is 2.33. The molecule has 98 valence electrons. The van der Waals surface area contributed by atoms with E-state index < -0.39 is 0 Å². The van der Waals surface area contributed by atoms with Crippen molar-refractivity contribution in [2.24, 2.45) is 0 Å². The number of aryl methyl sites for hydroxylation is 1. The van der Waals surface area contributed by atoms with E-state index in [1.165, 1.54) is 5.56 Å². The average molecular weight is 247 g/mol. The van der Waals surface area contributed by atoms with Gasteiger partial charge in [0.2, 0.25) is 5.91 Å². The van der Waals surface area contributed by atoms with Gasteiger partial charge >= 0.3 is 0 Å². The van der Waals surface area contributed by atoms with Crippen LogP contribution >= 0.6 is 0 Å². The summed E-state index contributed by atoms with van der Waals surface area (Å²) in [4.78, 5) is 14.0. The highest BCUT2D eigenvalue weighted by Gasteiger charge is 2.22. The summed E-state index contributed by atoms with van der Waals surface area (Å²) >= 11 is 0. The molecular formula is C15H21NO2. The first kappa shape index (κ1) is 13.1. The summed E-state index contributed by atoms with van der Waals surface area (Å²) < 4.78 is 5.34. The molecule has 1 saturated heterocycles. The van der Waals surface area contributed by atoms with Crippen molar-refractivity contribution in [3.8, 4) is 0 Å². The van der Waals surface area contributed by atoms with Crippen LogP contribution in [0, 0.1) is 0 Å². The summed E-state index contributed by atoms with van der Waals surface area (Å²) in [5, 5.41) is 0. The molecule has 1 aromatic rings. The Bertz CT molecular complexity index is 377. The van der Waals surface area contributed by atoms with Crippen molar-refractivity contribution in [1.29, 1.82) is 0 Å². The van der Waals surface area contributed by atoms with Crippen LogP contribution in [0.3, 0.4) is 0 Å². The molecule has 1 heterocycles. The van der Waals surface area contributed by atoms with E-state index in [0.717, 1.165) is 19.4 Å². The van der Waals surface area contributed by atoms with Gasteiger partial charge < -0.3 is 9.64 Å². The summed E-state index contributed by atoms with van der Waals surface area (Å²) in [5.41, 5.74) is 1.31. The molecule has 0 spiro atoms. The number of hydrogen-bond acceptors (Lipinski definition) is 2. The molecule has 0 saturated carbocycles. The Labute approximate surface area is 109 Å². The van der Waals surface area contributed by atoms with Crippen molar-refractivity contribution in [2.75, 3.05) is 19.8 Å². The van der Waals surface area contributed by atoms with Crippen molar-refractivity contribution in [3.05, 3.63) is 35.9 Å². The highest BCUT2D eigenvalue weighted by molar-refractivity contribution is 5.76. The molecular weight excluding hydrogens is 226 g/mol. The van der Waals surface area contributed by atoms with E-state index in [-0.39, 0.29) is 11.9 Å². The summed E-state index contributed by atoms with van der Waals surface area (Å²) in [6.45, 7) is 4.14. The lowest BCUT2D eigenvalue weighted by Crippen LogP contribution is -2.47. The van der Waals surface area contributed by atoms with Crippen LogP contribution in [0.4, 0.5) is 0 Å². The molecule has 1 aliphatic rings. The standard InChI is InChI=1S/C15H21NO2/c1-13-12-18-11-10-16(13)15(17)9-5-8-14-6-3-2-4-7-14/h2-4,6-7,13H,5,8-12H2,1H3/t13-/m1/s1. The van der Waals surface area contributed by atoms with Crippen LogP contribution in [0.15, 0.2) is 30.3 Å². The van der Waals surface area contributed by atoms with Gasteiger partial charge in [0.05, 0.1) is 19.3 Å². The predicted molar refractivity (Wildman–Crippen MR) is 71.4 cm³/mol. The quantitative estimate of drug-likeness (QED) is 0.816. The summed E-state index contributed by atoms with van der Waals surface area (Å²) in [6, 6.07) is 10.6. The SMILES string of the molecule is C[C@@H]1COCCN1C(=O)CCCc1ccccc1. The third kappa shape index (κ3) is 3.57. The van der Waals surface area contributed by atoms with Crippen molar-refractivity contribution in [1.82, 2.24) is 4.90 Å². The first-order valence-corrected chi connectivity index (χ1v) is 6.68. The molecule has 18 heavy (non-hydrogen) atoms. The lowest BCUT2D eigenvalue weighted by atomic mass is 10.1. The second-order valence-electron chi connectivity index (χ2n) is 4.85. The van der Waals surface area contributed by atoms with Gasteiger partial charge in [-0.15, -0.1) is 0 Å². The van der Waals surface area contributed by atoms with Crippen molar-refractivity contribution in [3.63, 3.8) is 0 Å². The van der Waals surface area contributed by atoms with Gasteiger partial charge in [-0.3, -0.25) is 4.79 Å². The fraction of sp³-hybridized carbons (Fsp3) is 0.533. The molecule has 0 bridgehead atoms. The minimum atomic E-state index is 0.225. The van der Waals surface area contributed by atoms with Gasteiger partial charge in [-0.1, -0.05) is 30.3 Å². The Morgan fingerprint density at radius 3 is 2.89 bits per heavy atom. The third-order valence-corrected chi connectivity index (χ3v) is 3.39.